The molecule has 0 spiro atoms. The molecule has 0 bridgehead atoms. The summed E-state index contributed by atoms with van der Waals surface area (Å²) in [7, 11) is 0. The molecular weight excluding hydrogens is 184 g/mol. The average molecular weight is 206 g/mol. The number of rotatable bonds is 3. The first kappa shape index (κ1) is 12.3. The Labute approximate surface area is 93.1 Å². The smallest absolute Gasteiger partial charge is 0.0591 e. The summed E-state index contributed by atoms with van der Waals surface area (Å²) in [6.07, 6.45) is 1.57. The van der Waals surface area contributed by atoms with Crippen molar-refractivity contribution in [2.75, 3.05) is 0 Å². The van der Waals surface area contributed by atoms with Crippen LogP contribution in [0.5, 0.6) is 0 Å². The summed E-state index contributed by atoms with van der Waals surface area (Å²) in [5, 5.41) is 9.92. The van der Waals surface area contributed by atoms with Gasteiger partial charge >= 0.3 is 0 Å². The van der Waals surface area contributed by atoms with E-state index in [4.69, 9.17) is 0 Å². The summed E-state index contributed by atoms with van der Waals surface area (Å²) < 4.78 is 0. The molecule has 1 aromatic rings. The summed E-state index contributed by atoms with van der Waals surface area (Å²) in [5.41, 5.74) is 2.60. The van der Waals surface area contributed by atoms with Crippen LogP contribution >= 0.6 is 0 Å². The fourth-order valence-electron chi connectivity index (χ4n) is 1.60. The second kappa shape index (κ2) is 4.80. The Morgan fingerprint density at radius 1 is 1.27 bits per heavy atom. The lowest BCUT2D eigenvalue weighted by Crippen LogP contribution is -2.26. The fraction of sp³-hybridized carbons (Fsp3) is 0.571. The van der Waals surface area contributed by atoms with Gasteiger partial charge in [0.2, 0.25) is 0 Å². The van der Waals surface area contributed by atoms with E-state index in [1.807, 2.05) is 0 Å². The number of aliphatic hydroxyl groups excluding tert-OH is 1. The van der Waals surface area contributed by atoms with Crippen LogP contribution in [0, 0.1) is 12.3 Å². The molecule has 0 heterocycles. The molecule has 0 amide bonds. The Morgan fingerprint density at radius 3 is 2.47 bits per heavy atom. The minimum atomic E-state index is -0.224. The van der Waals surface area contributed by atoms with Gasteiger partial charge in [-0.25, -0.2) is 0 Å². The topological polar surface area (TPSA) is 20.2 Å². The number of aryl methyl sites for hydroxylation is 2. The van der Waals surface area contributed by atoms with Gasteiger partial charge < -0.3 is 5.11 Å². The zero-order valence-electron chi connectivity index (χ0n) is 10.2. The summed E-state index contributed by atoms with van der Waals surface area (Å²) in [4.78, 5) is 0. The largest absolute Gasteiger partial charge is 0.393 e. The average Bonchev–Trinajstić information content (AvgIpc) is 2.12. The zero-order chi connectivity index (χ0) is 11.5. The van der Waals surface area contributed by atoms with Crippen LogP contribution in [0.4, 0.5) is 0 Å². The van der Waals surface area contributed by atoms with Crippen molar-refractivity contribution in [2.45, 2.75) is 46.6 Å². The van der Waals surface area contributed by atoms with E-state index in [-0.39, 0.29) is 11.5 Å². The number of hydrogen-bond donors (Lipinski definition) is 1. The molecule has 1 unspecified atom stereocenters. The molecule has 15 heavy (non-hydrogen) atoms. The van der Waals surface area contributed by atoms with Crippen molar-refractivity contribution >= 4 is 0 Å². The van der Waals surface area contributed by atoms with Crippen molar-refractivity contribution in [1.29, 1.82) is 0 Å². The predicted octanol–water partition coefficient (Wildman–Crippen LogP) is 3.33. The Hall–Kier alpha value is -0.820. The molecule has 0 aliphatic carbocycles. The summed E-state index contributed by atoms with van der Waals surface area (Å²) >= 11 is 0. The quantitative estimate of drug-likeness (QED) is 0.804. The number of aliphatic hydroxyl groups is 1. The lowest BCUT2D eigenvalue weighted by atomic mass is 9.86. The molecule has 0 aliphatic heterocycles. The number of benzene rings is 1. The molecule has 1 atom stereocenters. The molecule has 1 aromatic carbocycles. The van der Waals surface area contributed by atoms with Gasteiger partial charge in [-0.3, -0.25) is 0 Å². The van der Waals surface area contributed by atoms with Gasteiger partial charge in [0.05, 0.1) is 6.10 Å². The van der Waals surface area contributed by atoms with Crippen LogP contribution in [0.25, 0.3) is 0 Å². The molecule has 1 rings (SSSR count). The third kappa shape index (κ3) is 4.05. The van der Waals surface area contributed by atoms with E-state index >= 15 is 0 Å². The maximum absolute atomic E-state index is 9.92. The molecule has 0 radical (unpaired) electrons. The van der Waals surface area contributed by atoms with E-state index in [0.29, 0.717) is 0 Å². The first-order valence-corrected chi connectivity index (χ1v) is 5.63. The highest BCUT2D eigenvalue weighted by Gasteiger charge is 2.21. The van der Waals surface area contributed by atoms with E-state index in [1.165, 1.54) is 11.1 Å². The summed E-state index contributed by atoms with van der Waals surface area (Å²) in [5.74, 6) is 0. The van der Waals surface area contributed by atoms with Gasteiger partial charge in [0.25, 0.3) is 0 Å². The molecule has 0 saturated carbocycles. The van der Waals surface area contributed by atoms with Gasteiger partial charge in [0.15, 0.2) is 0 Å². The second-order valence-electron chi connectivity index (χ2n) is 5.41. The van der Waals surface area contributed by atoms with Crippen LogP contribution in [-0.2, 0) is 6.42 Å². The van der Waals surface area contributed by atoms with Crippen molar-refractivity contribution in [2.24, 2.45) is 5.41 Å². The van der Waals surface area contributed by atoms with Gasteiger partial charge in [-0.15, -0.1) is 0 Å². The summed E-state index contributed by atoms with van der Waals surface area (Å²) in [6.45, 7) is 8.33. The van der Waals surface area contributed by atoms with Crippen LogP contribution in [0.1, 0.15) is 38.3 Å². The minimum Gasteiger partial charge on any atom is -0.393 e. The SMILES string of the molecule is Cc1cccc(CCC(O)C(C)(C)C)c1. The molecular formula is C14H22O. The van der Waals surface area contributed by atoms with Crippen LogP contribution in [0.15, 0.2) is 24.3 Å². The lowest BCUT2D eigenvalue weighted by molar-refractivity contribution is 0.0560. The highest BCUT2D eigenvalue weighted by molar-refractivity contribution is 5.22. The van der Waals surface area contributed by atoms with Crippen molar-refractivity contribution in [3.8, 4) is 0 Å². The van der Waals surface area contributed by atoms with Crippen LogP contribution < -0.4 is 0 Å². The Morgan fingerprint density at radius 2 is 1.93 bits per heavy atom. The normalized spacial score (nSPS) is 13.9. The van der Waals surface area contributed by atoms with Gasteiger partial charge in [-0.1, -0.05) is 50.6 Å². The first-order chi connectivity index (χ1) is 6.89. The van der Waals surface area contributed by atoms with Crippen molar-refractivity contribution in [1.82, 2.24) is 0 Å². The second-order valence-corrected chi connectivity index (χ2v) is 5.41. The monoisotopic (exact) mass is 206 g/mol. The standard InChI is InChI=1S/C14H22O/c1-11-6-5-7-12(10-11)8-9-13(15)14(2,3)4/h5-7,10,13,15H,8-9H2,1-4H3. The fourth-order valence-corrected chi connectivity index (χ4v) is 1.60. The Kier molecular flexibility index (Phi) is 3.92. The van der Waals surface area contributed by atoms with Crippen molar-refractivity contribution in [3.05, 3.63) is 35.4 Å². The van der Waals surface area contributed by atoms with Gasteiger partial charge in [-0.05, 0) is 30.7 Å². The Bertz CT molecular complexity index is 309. The third-order valence-corrected chi connectivity index (χ3v) is 2.79. The minimum absolute atomic E-state index is 0.0101. The van der Waals surface area contributed by atoms with E-state index < -0.39 is 0 Å². The zero-order valence-corrected chi connectivity index (χ0v) is 10.2. The molecule has 1 nitrogen and oxygen atoms in total. The molecule has 0 saturated heterocycles. The molecule has 0 aromatic heterocycles. The predicted molar refractivity (Wildman–Crippen MR) is 65.0 cm³/mol. The van der Waals surface area contributed by atoms with Crippen molar-refractivity contribution in [3.63, 3.8) is 0 Å². The Balaban J connectivity index is 2.51. The maximum atomic E-state index is 9.92. The van der Waals surface area contributed by atoms with Crippen molar-refractivity contribution < 1.29 is 5.11 Å². The molecule has 1 N–H and O–H groups in total. The number of hydrogen-bond acceptors (Lipinski definition) is 1. The van der Waals surface area contributed by atoms with E-state index in [2.05, 4.69) is 52.0 Å². The highest BCUT2D eigenvalue weighted by atomic mass is 16.3. The highest BCUT2D eigenvalue weighted by Crippen LogP contribution is 2.23. The van der Waals surface area contributed by atoms with Crippen LogP contribution in [0.3, 0.4) is 0 Å². The van der Waals surface area contributed by atoms with Crippen LogP contribution in [0.2, 0.25) is 0 Å². The van der Waals surface area contributed by atoms with E-state index in [1.54, 1.807) is 0 Å². The molecule has 84 valence electrons. The first-order valence-electron chi connectivity index (χ1n) is 5.63. The van der Waals surface area contributed by atoms with E-state index in [0.717, 1.165) is 12.8 Å². The summed E-state index contributed by atoms with van der Waals surface area (Å²) in [6, 6.07) is 8.50. The van der Waals surface area contributed by atoms with Gasteiger partial charge in [-0.2, -0.15) is 0 Å². The molecule has 1 heteroatoms. The van der Waals surface area contributed by atoms with Gasteiger partial charge in [0, 0.05) is 0 Å². The molecule has 0 fully saturated rings. The lowest BCUT2D eigenvalue weighted by Gasteiger charge is -2.25. The molecule has 0 aliphatic rings. The van der Waals surface area contributed by atoms with Gasteiger partial charge in [0.1, 0.15) is 0 Å². The third-order valence-electron chi connectivity index (χ3n) is 2.79. The van der Waals surface area contributed by atoms with Crippen LogP contribution in [-0.4, -0.2) is 11.2 Å². The van der Waals surface area contributed by atoms with E-state index in [9.17, 15) is 5.11 Å². The maximum Gasteiger partial charge on any atom is 0.0591 e.